The average Bonchev–Trinajstić information content (AvgIpc) is 2.85. The summed E-state index contributed by atoms with van der Waals surface area (Å²) >= 11 is 0. The first-order chi connectivity index (χ1) is 9.87. The van der Waals surface area contributed by atoms with Crippen molar-refractivity contribution >= 4 is 6.09 Å². The lowest BCUT2D eigenvalue weighted by Gasteiger charge is -2.33. The minimum absolute atomic E-state index is 0.216. The molecule has 2 heterocycles. The number of aromatic nitrogens is 3. The second-order valence-corrected chi connectivity index (χ2v) is 6.55. The summed E-state index contributed by atoms with van der Waals surface area (Å²) in [7, 11) is 0. The van der Waals surface area contributed by atoms with Crippen molar-refractivity contribution in [2.24, 2.45) is 11.7 Å². The van der Waals surface area contributed by atoms with Crippen molar-refractivity contribution in [3.8, 4) is 0 Å². The fourth-order valence-electron chi connectivity index (χ4n) is 2.41. The lowest BCUT2D eigenvalue weighted by molar-refractivity contribution is 0.0177. The molecule has 2 rings (SSSR count). The first kappa shape index (κ1) is 15.8. The van der Waals surface area contributed by atoms with Gasteiger partial charge in [-0.3, -0.25) is 4.68 Å². The van der Waals surface area contributed by atoms with Gasteiger partial charge in [0.15, 0.2) is 0 Å². The molecule has 7 heteroatoms. The maximum absolute atomic E-state index is 12.0. The lowest BCUT2D eigenvalue weighted by Crippen LogP contribution is -2.42. The van der Waals surface area contributed by atoms with Crippen LogP contribution in [-0.4, -0.2) is 44.7 Å². The van der Waals surface area contributed by atoms with Crippen LogP contribution >= 0.6 is 0 Å². The Kier molecular flexibility index (Phi) is 4.82. The van der Waals surface area contributed by atoms with Crippen molar-refractivity contribution in [2.45, 2.75) is 52.3 Å². The summed E-state index contributed by atoms with van der Waals surface area (Å²) in [6, 6.07) is 0. The molecule has 0 spiro atoms. The number of nitrogens with two attached hydrogens (primary N) is 1. The minimum atomic E-state index is -0.437. The Morgan fingerprint density at radius 3 is 2.62 bits per heavy atom. The van der Waals surface area contributed by atoms with Crippen LogP contribution in [0, 0.1) is 5.92 Å². The molecule has 0 atom stereocenters. The zero-order valence-electron chi connectivity index (χ0n) is 13.1. The third-order valence-electron chi connectivity index (χ3n) is 3.51. The predicted molar refractivity (Wildman–Crippen MR) is 78.4 cm³/mol. The van der Waals surface area contributed by atoms with Gasteiger partial charge in [0.25, 0.3) is 0 Å². The van der Waals surface area contributed by atoms with Gasteiger partial charge in [-0.25, -0.2) is 4.79 Å². The van der Waals surface area contributed by atoms with E-state index >= 15 is 0 Å². The van der Waals surface area contributed by atoms with E-state index in [0.717, 1.165) is 38.2 Å². The Morgan fingerprint density at radius 2 is 2.10 bits per heavy atom. The topological polar surface area (TPSA) is 86.3 Å². The van der Waals surface area contributed by atoms with Crippen LogP contribution in [0.4, 0.5) is 4.79 Å². The molecular weight excluding hydrogens is 270 g/mol. The van der Waals surface area contributed by atoms with Crippen LogP contribution in [0.2, 0.25) is 0 Å². The van der Waals surface area contributed by atoms with E-state index in [1.807, 2.05) is 31.6 Å². The van der Waals surface area contributed by atoms with E-state index < -0.39 is 5.60 Å². The molecule has 21 heavy (non-hydrogen) atoms. The Balaban J connectivity index is 1.79. The molecule has 1 amide bonds. The molecule has 0 aromatic carbocycles. The van der Waals surface area contributed by atoms with Crippen LogP contribution in [0.25, 0.3) is 0 Å². The van der Waals surface area contributed by atoms with E-state index in [0.29, 0.717) is 12.5 Å². The maximum atomic E-state index is 12.0. The molecule has 0 radical (unpaired) electrons. The monoisotopic (exact) mass is 295 g/mol. The van der Waals surface area contributed by atoms with Gasteiger partial charge in [-0.2, -0.15) is 0 Å². The number of carbonyl (C=O) groups excluding carboxylic acids is 1. The van der Waals surface area contributed by atoms with E-state index in [-0.39, 0.29) is 6.09 Å². The number of nitrogens with zero attached hydrogens (tertiary/aromatic N) is 4. The van der Waals surface area contributed by atoms with Gasteiger partial charge in [0.05, 0.1) is 5.69 Å². The molecule has 1 saturated heterocycles. The van der Waals surface area contributed by atoms with Crippen LogP contribution in [-0.2, 0) is 17.8 Å². The van der Waals surface area contributed by atoms with Crippen molar-refractivity contribution in [1.82, 2.24) is 19.9 Å². The van der Waals surface area contributed by atoms with Gasteiger partial charge in [-0.1, -0.05) is 5.21 Å². The van der Waals surface area contributed by atoms with Crippen LogP contribution in [0.1, 0.15) is 39.3 Å². The van der Waals surface area contributed by atoms with Crippen LogP contribution in [0.3, 0.4) is 0 Å². The number of amides is 1. The van der Waals surface area contributed by atoms with Crippen LogP contribution in [0.5, 0.6) is 0 Å². The maximum Gasteiger partial charge on any atom is 0.410 e. The van der Waals surface area contributed by atoms with Crippen molar-refractivity contribution < 1.29 is 9.53 Å². The molecule has 118 valence electrons. The number of piperidine rings is 1. The molecule has 1 fully saturated rings. The zero-order valence-corrected chi connectivity index (χ0v) is 13.1. The average molecular weight is 295 g/mol. The number of ether oxygens (including phenoxy) is 1. The second-order valence-electron chi connectivity index (χ2n) is 6.55. The van der Waals surface area contributed by atoms with Crippen molar-refractivity contribution in [1.29, 1.82) is 0 Å². The van der Waals surface area contributed by atoms with Crippen LogP contribution in [0.15, 0.2) is 6.20 Å². The van der Waals surface area contributed by atoms with E-state index in [1.54, 1.807) is 4.90 Å². The lowest BCUT2D eigenvalue weighted by atomic mass is 9.97. The first-order valence-electron chi connectivity index (χ1n) is 7.44. The molecular formula is C14H25N5O2. The van der Waals surface area contributed by atoms with Gasteiger partial charge >= 0.3 is 6.09 Å². The standard InChI is InChI=1S/C14H25N5O2/c1-14(2,3)21-13(20)18-6-4-11(5-7-18)9-19-10-12(8-15)16-17-19/h10-11H,4-9,15H2,1-3H3. The van der Waals surface area contributed by atoms with Gasteiger partial charge in [0.2, 0.25) is 0 Å². The van der Waals surface area contributed by atoms with E-state index in [1.165, 1.54) is 0 Å². The number of hydrogen-bond acceptors (Lipinski definition) is 5. The molecule has 0 saturated carbocycles. The van der Waals surface area contributed by atoms with Gasteiger partial charge in [0, 0.05) is 32.4 Å². The summed E-state index contributed by atoms with van der Waals surface area (Å²) in [5, 5.41) is 8.05. The Morgan fingerprint density at radius 1 is 1.43 bits per heavy atom. The van der Waals surface area contributed by atoms with Crippen molar-refractivity contribution in [3.05, 3.63) is 11.9 Å². The Hall–Kier alpha value is -1.63. The summed E-state index contributed by atoms with van der Waals surface area (Å²) in [5.41, 5.74) is 5.89. The summed E-state index contributed by atoms with van der Waals surface area (Å²) in [4.78, 5) is 13.8. The van der Waals surface area contributed by atoms with E-state index in [9.17, 15) is 4.79 Å². The molecule has 0 aliphatic carbocycles. The number of carbonyl (C=O) groups is 1. The van der Waals surface area contributed by atoms with Crippen molar-refractivity contribution in [2.75, 3.05) is 13.1 Å². The molecule has 1 aliphatic rings. The Bertz CT molecular complexity index is 472. The highest BCUT2D eigenvalue weighted by molar-refractivity contribution is 5.68. The molecule has 1 aliphatic heterocycles. The SMILES string of the molecule is CC(C)(C)OC(=O)N1CCC(Cn2cc(CN)nn2)CC1. The summed E-state index contributed by atoms with van der Waals surface area (Å²) in [5.74, 6) is 0.510. The Labute approximate surface area is 125 Å². The third-order valence-corrected chi connectivity index (χ3v) is 3.51. The molecule has 1 aromatic rings. The summed E-state index contributed by atoms with van der Waals surface area (Å²) in [6.45, 7) is 8.37. The number of likely N-dealkylation sites (tertiary alicyclic amines) is 1. The zero-order chi connectivity index (χ0) is 15.5. The summed E-state index contributed by atoms with van der Waals surface area (Å²) < 4.78 is 7.24. The highest BCUT2D eigenvalue weighted by Crippen LogP contribution is 2.20. The van der Waals surface area contributed by atoms with Gasteiger partial charge in [0.1, 0.15) is 5.60 Å². The largest absolute Gasteiger partial charge is 0.444 e. The smallest absolute Gasteiger partial charge is 0.410 e. The van der Waals surface area contributed by atoms with Gasteiger partial charge in [-0.05, 0) is 39.5 Å². The van der Waals surface area contributed by atoms with Crippen molar-refractivity contribution in [3.63, 3.8) is 0 Å². The van der Waals surface area contributed by atoms with Gasteiger partial charge in [-0.15, -0.1) is 5.10 Å². The predicted octanol–water partition coefficient (Wildman–Crippen LogP) is 1.38. The highest BCUT2D eigenvalue weighted by atomic mass is 16.6. The highest BCUT2D eigenvalue weighted by Gasteiger charge is 2.27. The molecule has 0 unspecified atom stereocenters. The third kappa shape index (κ3) is 4.70. The fourth-order valence-corrected chi connectivity index (χ4v) is 2.41. The fraction of sp³-hybridized carbons (Fsp3) is 0.786. The van der Waals surface area contributed by atoms with E-state index in [4.69, 9.17) is 10.5 Å². The van der Waals surface area contributed by atoms with Gasteiger partial charge < -0.3 is 15.4 Å². The molecule has 2 N–H and O–H groups in total. The quantitative estimate of drug-likeness (QED) is 0.910. The second kappa shape index (κ2) is 6.43. The number of rotatable bonds is 3. The van der Waals surface area contributed by atoms with E-state index in [2.05, 4.69) is 10.3 Å². The molecule has 0 bridgehead atoms. The number of hydrogen-bond donors (Lipinski definition) is 1. The molecule has 1 aromatic heterocycles. The van der Waals surface area contributed by atoms with Crippen LogP contribution < -0.4 is 5.73 Å². The normalized spacial score (nSPS) is 17.0. The molecule has 7 nitrogen and oxygen atoms in total. The minimum Gasteiger partial charge on any atom is -0.444 e. The first-order valence-corrected chi connectivity index (χ1v) is 7.44. The summed E-state index contributed by atoms with van der Waals surface area (Å²) in [6.07, 6.45) is 3.58.